The first-order valence-electron chi connectivity index (χ1n) is 6.39. The molecular weight excluding hydrogens is 262 g/mol. The Morgan fingerprint density at radius 3 is 2.85 bits per heavy atom. The zero-order chi connectivity index (χ0) is 14.7. The highest BCUT2D eigenvalue weighted by Gasteiger charge is 2.29. The van der Waals surface area contributed by atoms with Crippen molar-refractivity contribution in [2.75, 3.05) is 19.0 Å². The molecule has 2 unspecified atom stereocenters. The van der Waals surface area contributed by atoms with Crippen molar-refractivity contribution < 1.29 is 14.5 Å². The summed E-state index contributed by atoms with van der Waals surface area (Å²) in [6.45, 7) is 2.83. The van der Waals surface area contributed by atoms with Gasteiger partial charge in [-0.1, -0.05) is 6.92 Å². The van der Waals surface area contributed by atoms with Gasteiger partial charge >= 0.3 is 0 Å². The van der Waals surface area contributed by atoms with E-state index >= 15 is 0 Å². The number of carbonyl (C=O) groups is 1. The number of nitrogens with zero attached hydrogens (tertiary/aromatic N) is 1. The molecule has 0 bridgehead atoms. The molecular formula is C13H17N3O4. The quantitative estimate of drug-likeness (QED) is 0.644. The summed E-state index contributed by atoms with van der Waals surface area (Å²) in [6, 6.07) is 3.87. The van der Waals surface area contributed by atoms with Crippen molar-refractivity contribution in [3.05, 3.63) is 28.3 Å². The number of carbonyl (C=O) groups excluding carboxylic acids is 1. The summed E-state index contributed by atoms with van der Waals surface area (Å²) >= 11 is 0. The normalized spacial score (nSPS) is 21.5. The van der Waals surface area contributed by atoms with E-state index < -0.39 is 4.92 Å². The monoisotopic (exact) mass is 279 g/mol. The van der Waals surface area contributed by atoms with Crippen LogP contribution in [0.2, 0.25) is 0 Å². The first kappa shape index (κ1) is 14.3. The van der Waals surface area contributed by atoms with E-state index in [1.807, 2.05) is 6.92 Å². The van der Waals surface area contributed by atoms with E-state index in [0.717, 1.165) is 13.0 Å². The van der Waals surface area contributed by atoms with Crippen molar-refractivity contribution in [3.8, 4) is 5.75 Å². The number of rotatable bonds is 4. The van der Waals surface area contributed by atoms with Crippen LogP contribution in [0.1, 0.15) is 13.3 Å². The van der Waals surface area contributed by atoms with Crippen LogP contribution < -0.4 is 15.4 Å². The van der Waals surface area contributed by atoms with Crippen molar-refractivity contribution in [2.45, 2.75) is 19.4 Å². The molecule has 7 heteroatoms. The average molecular weight is 279 g/mol. The molecule has 108 valence electrons. The van der Waals surface area contributed by atoms with Gasteiger partial charge in [0.2, 0.25) is 5.91 Å². The van der Waals surface area contributed by atoms with E-state index in [-0.39, 0.29) is 29.3 Å². The average Bonchev–Trinajstić information content (AvgIpc) is 2.85. The maximum Gasteiger partial charge on any atom is 0.273 e. The number of methoxy groups -OCH3 is 1. The van der Waals surface area contributed by atoms with Crippen LogP contribution in [0.15, 0.2) is 18.2 Å². The topological polar surface area (TPSA) is 93.5 Å². The van der Waals surface area contributed by atoms with Gasteiger partial charge in [-0.2, -0.15) is 0 Å². The molecule has 0 aromatic heterocycles. The van der Waals surface area contributed by atoms with Gasteiger partial charge in [-0.15, -0.1) is 0 Å². The van der Waals surface area contributed by atoms with Crippen molar-refractivity contribution in [1.29, 1.82) is 0 Å². The molecule has 2 rings (SSSR count). The third-order valence-electron chi connectivity index (χ3n) is 3.47. The molecule has 1 amide bonds. The highest BCUT2D eigenvalue weighted by atomic mass is 16.6. The van der Waals surface area contributed by atoms with Gasteiger partial charge in [0.15, 0.2) is 0 Å². The highest BCUT2D eigenvalue weighted by Crippen LogP contribution is 2.29. The lowest BCUT2D eigenvalue weighted by Crippen LogP contribution is -2.39. The number of ether oxygens (including phenoxy) is 1. The summed E-state index contributed by atoms with van der Waals surface area (Å²) in [5.41, 5.74) is 0.358. The highest BCUT2D eigenvalue weighted by molar-refractivity contribution is 5.96. The fourth-order valence-corrected chi connectivity index (χ4v) is 2.29. The maximum absolute atomic E-state index is 12.1. The molecule has 2 atom stereocenters. The standard InChI is InChI=1S/C13H17N3O4/c1-8-5-6-14-12(8)13(17)15-10-4-3-9(16(18)19)7-11(10)20-2/h3-4,7-8,12,14H,5-6H2,1-2H3,(H,15,17). The van der Waals surface area contributed by atoms with Gasteiger partial charge in [-0.05, 0) is 24.9 Å². The Hall–Kier alpha value is -2.15. The molecule has 1 aromatic rings. The SMILES string of the molecule is COc1cc([N+](=O)[O-])ccc1NC(=O)C1NCCC1C. The second-order valence-electron chi connectivity index (χ2n) is 4.83. The van der Waals surface area contributed by atoms with Crippen LogP contribution >= 0.6 is 0 Å². The summed E-state index contributed by atoms with van der Waals surface area (Å²) in [5, 5.41) is 16.6. The number of non-ortho nitro benzene ring substituents is 1. The molecule has 0 spiro atoms. The van der Waals surface area contributed by atoms with Crippen molar-refractivity contribution in [1.82, 2.24) is 5.32 Å². The summed E-state index contributed by atoms with van der Waals surface area (Å²) < 4.78 is 5.09. The first-order valence-corrected chi connectivity index (χ1v) is 6.39. The molecule has 1 aromatic carbocycles. The van der Waals surface area contributed by atoms with Crippen LogP contribution in [0.25, 0.3) is 0 Å². The van der Waals surface area contributed by atoms with Gasteiger partial charge in [0.1, 0.15) is 5.75 Å². The molecule has 1 saturated heterocycles. The van der Waals surface area contributed by atoms with E-state index in [9.17, 15) is 14.9 Å². The van der Waals surface area contributed by atoms with Crippen LogP contribution in [0.4, 0.5) is 11.4 Å². The minimum Gasteiger partial charge on any atom is -0.494 e. The fraction of sp³-hybridized carbons (Fsp3) is 0.462. The molecule has 2 N–H and O–H groups in total. The smallest absolute Gasteiger partial charge is 0.273 e. The molecule has 1 heterocycles. The number of hydrogen-bond acceptors (Lipinski definition) is 5. The van der Waals surface area contributed by atoms with Gasteiger partial charge in [0, 0.05) is 6.07 Å². The lowest BCUT2D eigenvalue weighted by atomic mass is 10.0. The number of anilines is 1. The van der Waals surface area contributed by atoms with Gasteiger partial charge in [0.05, 0.1) is 29.8 Å². The van der Waals surface area contributed by atoms with Crippen LogP contribution in [0, 0.1) is 16.0 Å². The Morgan fingerprint density at radius 1 is 1.55 bits per heavy atom. The first-order chi connectivity index (χ1) is 9.52. The van der Waals surface area contributed by atoms with Gasteiger partial charge in [-0.3, -0.25) is 14.9 Å². The molecule has 1 fully saturated rings. The largest absolute Gasteiger partial charge is 0.494 e. The molecule has 7 nitrogen and oxygen atoms in total. The van der Waals surface area contributed by atoms with Crippen molar-refractivity contribution in [2.24, 2.45) is 5.92 Å². The molecule has 0 aliphatic carbocycles. The third kappa shape index (κ3) is 2.88. The van der Waals surface area contributed by atoms with Crippen LogP contribution in [-0.4, -0.2) is 30.5 Å². The van der Waals surface area contributed by atoms with Gasteiger partial charge in [0.25, 0.3) is 5.69 Å². The predicted octanol–water partition coefficient (Wildman–Crippen LogP) is 1.54. The van der Waals surface area contributed by atoms with E-state index in [1.165, 1.54) is 25.3 Å². The number of benzene rings is 1. The zero-order valence-electron chi connectivity index (χ0n) is 11.4. The number of amides is 1. The number of nitro benzene ring substituents is 1. The summed E-state index contributed by atoms with van der Waals surface area (Å²) in [6.07, 6.45) is 0.954. The summed E-state index contributed by atoms with van der Waals surface area (Å²) in [4.78, 5) is 22.4. The van der Waals surface area contributed by atoms with Crippen LogP contribution in [0.3, 0.4) is 0 Å². The van der Waals surface area contributed by atoms with E-state index in [4.69, 9.17) is 4.74 Å². The Bertz CT molecular complexity index is 532. The molecule has 0 saturated carbocycles. The predicted molar refractivity (Wildman–Crippen MR) is 73.8 cm³/mol. The maximum atomic E-state index is 12.1. The molecule has 1 aliphatic rings. The fourth-order valence-electron chi connectivity index (χ4n) is 2.29. The van der Waals surface area contributed by atoms with E-state index in [1.54, 1.807) is 0 Å². The van der Waals surface area contributed by atoms with Crippen molar-refractivity contribution in [3.63, 3.8) is 0 Å². The number of hydrogen-bond donors (Lipinski definition) is 2. The summed E-state index contributed by atoms with van der Waals surface area (Å²) in [7, 11) is 1.41. The Kier molecular flexibility index (Phi) is 4.19. The number of nitro groups is 1. The van der Waals surface area contributed by atoms with Crippen molar-refractivity contribution >= 4 is 17.3 Å². The number of nitrogens with one attached hydrogen (secondary N) is 2. The zero-order valence-corrected chi connectivity index (χ0v) is 11.4. The molecule has 20 heavy (non-hydrogen) atoms. The lowest BCUT2D eigenvalue weighted by Gasteiger charge is -2.16. The Labute approximate surface area is 116 Å². The van der Waals surface area contributed by atoms with Gasteiger partial charge in [-0.25, -0.2) is 0 Å². The third-order valence-corrected chi connectivity index (χ3v) is 3.47. The van der Waals surface area contributed by atoms with E-state index in [0.29, 0.717) is 5.69 Å². The second-order valence-corrected chi connectivity index (χ2v) is 4.83. The Morgan fingerprint density at radius 2 is 2.30 bits per heavy atom. The summed E-state index contributed by atoms with van der Waals surface area (Å²) in [5.74, 6) is 0.388. The minimum atomic E-state index is -0.505. The molecule has 0 radical (unpaired) electrons. The van der Waals surface area contributed by atoms with Crippen LogP contribution in [0.5, 0.6) is 5.75 Å². The van der Waals surface area contributed by atoms with Gasteiger partial charge < -0.3 is 15.4 Å². The second kappa shape index (κ2) is 5.87. The van der Waals surface area contributed by atoms with E-state index in [2.05, 4.69) is 10.6 Å². The molecule has 1 aliphatic heterocycles. The van der Waals surface area contributed by atoms with Crippen LogP contribution in [-0.2, 0) is 4.79 Å². The lowest BCUT2D eigenvalue weighted by molar-refractivity contribution is -0.384. The Balaban J connectivity index is 2.16. The minimum absolute atomic E-state index is 0.0767.